The molecule has 0 saturated carbocycles. The van der Waals surface area contributed by atoms with Crippen LogP contribution in [0.25, 0.3) is 0 Å². The van der Waals surface area contributed by atoms with Crippen molar-refractivity contribution in [1.82, 2.24) is 10.7 Å². The van der Waals surface area contributed by atoms with E-state index in [4.69, 9.17) is 32.7 Å². The molecule has 0 aliphatic rings. The van der Waals surface area contributed by atoms with Crippen LogP contribution in [0.4, 0.5) is 0 Å². The molecule has 0 atom stereocenters. The van der Waals surface area contributed by atoms with E-state index in [0.717, 1.165) is 3.57 Å². The number of hydrogen-bond acceptors (Lipinski definition) is 6. The largest absolute Gasteiger partial charge is 0.493 e. The molecule has 2 N–H and O–H groups in total. The van der Waals surface area contributed by atoms with Crippen LogP contribution >= 0.6 is 45.8 Å². The van der Waals surface area contributed by atoms with E-state index < -0.39 is 11.9 Å². The number of rotatable bonds is 8. The molecule has 3 aromatic carbocycles. The highest BCUT2D eigenvalue weighted by molar-refractivity contribution is 14.1. The fourth-order valence-electron chi connectivity index (χ4n) is 2.78. The summed E-state index contributed by atoms with van der Waals surface area (Å²) in [5.41, 5.74) is 3.53. The molecule has 2 amide bonds. The van der Waals surface area contributed by atoms with Gasteiger partial charge in [-0.25, -0.2) is 10.2 Å². The van der Waals surface area contributed by atoms with Crippen molar-refractivity contribution in [2.24, 2.45) is 5.10 Å². The summed E-state index contributed by atoms with van der Waals surface area (Å²) < 4.78 is 11.5. The van der Waals surface area contributed by atoms with Gasteiger partial charge in [-0.15, -0.1) is 0 Å². The third-order valence-corrected chi connectivity index (χ3v) is 5.96. The maximum Gasteiger partial charge on any atom is 0.345 e. The first kappa shape index (κ1) is 26.5. The molecule has 0 radical (unpaired) electrons. The number of amides is 2. The summed E-state index contributed by atoms with van der Waals surface area (Å²) in [7, 11) is 1.42. The molecule has 3 aromatic rings. The SMILES string of the molecule is COc1cc(/C=N\NC(=O)CNC(=O)c2ccccc2I)ccc1OC(=O)c1ccc(Cl)cc1Cl. The fourth-order valence-corrected chi connectivity index (χ4v) is 3.90. The number of ether oxygens (including phenoxy) is 2. The van der Waals surface area contributed by atoms with Crippen molar-refractivity contribution in [3.05, 3.63) is 91.0 Å². The zero-order chi connectivity index (χ0) is 25.4. The van der Waals surface area contributed by atoms with E-state index in [1.165, 1.54) is 37.6 Å². The minimum atomic E-state index is -0.675. The van der Waals surface area contributed by atoms with Gasteiger partial charge in [-0.1, -0.05) is 35.3 Å². The van der Waals surface area contributed by atoms with Gasteiger partial charge in [-0.2, -0.15) is 5.10 Å². The molecule has 0 aromatic heterocycles. The quantitative estimate of drug-likeness (QED) is 0.124. The van der Waals surface area contributed by atoms with E-state index in [0.29, 0.717) is 16.1 Å². The van der Waals surface area contributed by atoms with Crippen LogP contribution in [0.5, 0.6) is 11.5 Å². The number of hydrogen-bond donors (Lipinski definition) is 2. The second-order valence-electron chi connectivity index (χ2n) is 6.88. The molecule has 0 unspecified atom stereocenters. The second kappa shape index (κ2) is 12.5. The smallest absolute Gasteiger partial charge is 0.345 e. The van der Waals surface area contributed by atoms with Crippen molar-refractivity contribution in [1.29, 1.82) is 0 Å². The van der Waals surface area contributed by atoms with E-state index in [2.05, 4.69) is 15.8 Å². The van der Waals surface area contributed by atoms with Gasteiger partial charge in [0.25, 0.3) is 11.8 Å². The van der Waals surface area contributed by atoms with Crippen LogP contribution in [0, 0.1) is 3.57 Å². The molecule has 0 spiro atoms. The van der Waals surface area contributed by atoms with Gasteiger partial charge >= 0.3 is 5.97 Å². The predicted molar refractivity (Wildman–Crippen MR) is 142 cm³/mol. The average molecular weight is 626 g/mol. The topological polar surface area (TPSA) is 106 Å². The third-order valence-electron chi connectivity index (χ3n) is 4.47. The van der Waals surface area contributed by atoms with Crippen molar-refractivity contribution in [2.45, 2.75) is 0 Å². The summed E-state index contributed by atoms with van der Waals surface area (Å²) in [6.07, 6.45) is 1.38. The summed E-state index contributed by atoms with van der Waals surface area (Å²) in [5, 5.41) is 6.97. The molecule has 180 valence electrons. The summed E-state index contributed by atoms with van der Waals surface area (Å²) in [4.78, 5) is 36.6. The predicted octanol–water partition coefficient (Wildman–Crippen LogP) is 4.71. The molecule has 0 fully saturated rings. The Balaban J connectivity index is 1.57. The molecular formula is C24H18Cl2IN3O5. The lowest BCUT2D eigenvalue weighted by Crippen LogP contribution is -2.35. The van der Waals surface area contributed by atoms with Crippen molar-refractivity contribution >= 4 is 69.8 Å². The van der Waals surface area contributed by atoms with Gasteiger partial charge in [0, 0.05) is 8.59 Å². The lowest BCUT2D eigenvalue weighted by Gasteiger charge is -2.10. The van der Waals surface area contributed by atoms with Gasteiger partial charge in [0.05, 0.1) is 36.0 Å². The fraction of sp³-hybridized carbons (Fsp3) is 0.0833. The monoisotopic (exact) mass is 625 g/mol. The van der Waals surface area contributed by atoms with E-state index in [1.54, 1.807) is 30.3 Å². The van der Waals surface area contributed by atoms with Crippen LogP contribution in [0.15, 0.2) is 65.8 Å². The molecule has 3 rings (SSSR count). The van der Waals surface area contributed by atoms with E-state index >= 15 is 0 Å². The number of carbonyl (C=O) groups excluding carboxylic acids is 3. The van der Waals surface area contributed by atoms with Gasteiger partial charge in [0.1, 0.15) is 0 Å². The van der Waals surface area contributed by atoms with E-state index in [1.807, 2.05) is 28.7 Å². The van der Waals surface area contributed by atoms with Crippen molar-refractivity contribution in [2.75, 3.05) is 13.7 Å². The van der Waals surface area contributed by atoms with Gasteiger partial charge < -0.3 is 14.8 Å². The average Bonchev–Trinajstić information content (AvgIpc) is 2.83. The Kier molecular flexibility index (Phi) is 9.47. The molecule has 0 aliphatic carbocycles. The van der Waals surface area contributed by atoms with E-state index in [-0.39, 0.29) is 34.5 Å². The Morgan fingerprint density at radius 3 is 2.49 bits per heavy atom. The lowest BCUT2D eigenvalue weighted by molar-refractivity contribution is -0.120. The number of methoxy groups -OCH3 is 1. The first-order chi connectivity index (χ1) is 16.8. The van der Waals surface area contributed by atoms with Crippen molar-refractivity contribution < 1.29 is 23.9 Å². The standard InChI is InChI=1S/C24H18Cl2IN3O5/c1-34-21-10-14(6-9-20(21)35-24(33)16-8-7-15(25)11-18(16)26)12-29-30-22(31)13-28-23(32)17-4-2-3-5-19(17)27/h2-12H,13H2,1H3,(H,28,32)(H,30,31)/b29-12-. The van der Waals surface area contributed by atoms with Crippen LogP contribution in [-0.2, 0) is 4.79 Å². The number of hydrazone groups is 1. The maximum absolute atomic E-state index is 12.5. The van der Waals surface area contributed by atoms with Gasteiger partial charge in [0.15, 0.2) is 11.5 Å². The normalized spacial score (nSPS) is 10.6. The second-order valence-corrected chi connectivity index (χ2v) is 8.89. The first-order valence-corrected chi connectivity index (χ1v) is 11.8. The molecule has 35 heavy (non-hydrogen) atoms. The number of benzene rings is 3. The zero-order valence-corrected chi connectivity index (χ0v) is 21.8. The number of esters is 1. The van der Waals surface area contributed by atoms with Gasteiger partial charge in [-0.3, -0.25) is 9.59 Å². The van der Waals surface area contributed by atoms with E-state index in [9.17, 15) is 14.4 Å². The van der Waals surface area contributed by atoms with Gasteiger partial charge in [0.2, 0.25) is 0 Å². The summed E-state index contributed by atoms with van der Waals surface area (Å²) >= 11 is 14.0. The van der Waals surface area contributed by atoms with Crippen molar-refractivity contribution in [3.8, 4) is 11.5 Å². The highest BCUT2D eigenvalue weighted by Gasteiger charge is 2.16. The number of halogens is 3. The number of nitrogens with one attached hydrogen (secondary N) is 2. The molecule has 8 nitrogen and oxygen atoms in total. The summed E-state index contributed by atoms with van der Waals surface area (Å²) in [6.45, 7) is -0.243. The molecule has 0 bridgehead atoms. The molecule has 11 heteroatoms. The first-order valence-electron chi connectivity index (χ1n) is 9.98. The Hall–Kier alpha value is -3.15. The third kappa shape index (κ3) is 7.41. The minimum absolute atomic E-state index is 0.153. The van der Waals surface area contributed by atoms with Gasteiger partial charge in [-0.05, 0) is 76.7 Å². The Morgan fingerprint density at radius 2 is 1.77 bits per heavy atom. The van der Waals surface area contributed by atoms with Crippen molar-refractivity contribution in [3.63, 3.8) is 0 Å². The molecule has 0 heterocycles. The maximum atomic E-state index is 12.5. The summed E-state index contributed by atoms with van der Waals surface area (Å²) in [6, 6.07) is 16.2. The summed E-state index contributed by atoms with van der Waals surface area (Å²) in [5.74, 6) is -1.10. The molecular weight excluding hydrogens is 608 g/mol. The number of carbonyl (C=O) groups is 3. The molecule has 0 aliphatic heterocycles. The highest BCUT2D eigenvalue weighted by Crippen LogP contribution is 2.30. The Morgan fingerprint density at radius 1 is 1.00 bits per heavy atom. The zero-order valence-electron chi connectivity index (χ0n) is 18.2. The Bertz CT molecular complexity index is 1300. The molecule has 0 saturated heterocycles. The Labute approximate surface area is 224 Å². The van der Waals surface area contributed by atoms with Crippen LogP contribution in [0.3, 0.4) is 0 Å². The lowest BCUT2D eigenvalue weighted by atomic mass is 10.2. The minimum Gasteiger partial charge on any atom is -0.493 e. The van der Waals surface area contributed by atoms with Crippen LogP contribution in [-0.4, -0.2) is 37.7 Å². The number of nitrogens with zero attached hydrogens (tertiary/aromatic N) is 1. The van der Waals surface area contributed by atoms with Crippen LogP contribution in [0.2, 0.25) is 10.0 Å². The van der Waals surface area contributed by atoms with Crippen LogP contribution < -0.4 is 20.2 Å². The highest BCUT2D eigenvalue weighted by atomic mass is 127. The van der Waals surface area contributed by atoms with Crippen LogP contribution in [0.1, 0.15) is 26.3 Å².